The lowest BCUT2D eigenvalue weighted by Gasteiger charge is -2.31. The molecule has 3 aromatic rings. The Labute approximate surface area is 268 Å². The second-order valence-corrected chi connectivity index (χ2v) is 12.0. The van der Waals surface area contributed by atoms with Gasteiger partial charge in [0, 0.05) is 16.6 Å². The van der Waals surface area contributed by atoms with Crippen molar-refractivity contribution in [3.05, 3.63) is 129 Å². The molecule has 0 aliphatic carbocycles. The van der Waals surface area contributed by atoms with E-state index < -0.39 is 23.6 Å². The number of halogens is 1. The summed E-state index contributed by atoms with van der Waals surface area (Å²) in [5.74, 6) is -3.41. The number of esters is 1. The molecule has 9 heteroatoms. The summed E-state index contributed by atoms with van der Waals surface area (Å²) in [5, 5.41) is 13.9. The number of carboxylic acids is 1. The number of nitrogens with one attached hydrogen (secondary N) is 1. The first-order chi connectivity index (χ1) is 21.6. The highest BCUT2D eigenvalue weighted by Gasteiger charge is 2.39. The predicted octanol–water partition coefficient (Wildman–Crippen LogP) is 6.57. The van der Waals surface area contributed by atoms with Crippen LogP contribution in [0.3, 0.4) is 0 Å². The minimum absolute atomic E-state index is 0.000192. The molecule has 0 radical (unpaired) electrons. The summed E-state index contributed by atoms with van der Waals surface area (Å²) in [7, 11) is 0. The Bertz CT molecular complexity index is 1530. The van der Waals surface area contributed by atoms with Crippen molar-refractivity contribution in [3.63, 3.8) is 0 Å². The molecule has 2 atom stereocenters. The van der Waals surface area contributed by atoms with Crippen LogP contribution in [0.4, 0.5) is 0 Å². The van der Waals surface area contributed by atoms with Gasteiger partial charge in [0.1, 0.15) is 6.10 Å². The quantitative estimate of drug-likeness (QED) is 0.216. The number of carbonyl (C=O) groups is 2. The zero-order valence-corrected chi connectivity index (χ0v) is 26.4. The van der Waals surface area contributed by atoms with E-state index in [-0.39, 0.29) is 43.0 Å². The van der Waals surface area contributed by atoms with Crippen LogP contribution in [0.2, 0.25) is 5.02 Å². The molecule has 2 N–H and O–H groups in total. The summed E-state index contributed by atoms with van der Waals surface area (Å²) in [6.07, 6.45) is 0.256. The van der Waals surface area contributed by atoms with Gasteiger partial charge in [-0.1, -0.05) is 84.4 Å². The predicted molar refractivity (Wildman–Crippen MR) is 171 cm³/mol. The molecule has 2 aliphatic rings. The second kappa shape index (κ2) is 14.4. The van der Waals surface area contributed by atoms with E-state index in [2.05, 4.69) is 29.6 Å². The van der Waals surface area contributed by atoms with Crippen molar-refractivity contribution in [3.8, 4) is 0 Å². The summed E-state index contributed by atoms with van der Waals surface area (Å²) in [6, 6.07) is 27.0. The SMILES string of the molecule is CC1=C(C(=O)O)C(c2cccc(Cl)c2)C(C(=O)OCCC(c2ccccc2)c2ccccc2)=C(COCC2COC(C)(C)O2)N1. The highest BCUT2D eigenvalue weighted by atomic mass is 35.5. The highest BCUT2D eigenvalue weighted by molar-refractivity contribution is 6.30. The van der Waals surface area contributed by atoms with Gasteiger partial charge in [-0.25, -0.2) is 9.59 Å². The van der Waals surface area contributed by atoms with Crippen LogP contribution in [0.15, 0.2) is 107 Å². The molecule has 1 fully saturated rings. The normalized spacial score (nSPS) is 19.5. The van der Waals surface area contributed by atoms with Crippen molar-refractivity contribution in [2.75, 3.05) is 26.4 Å². The summed E-state index contributed by atoms with van der Waals surface area (Å²) in [5.41, 5.74) is 3.81. The highest BCUT2D eigenvalue weighted by Crippen LogP contribution is 2.40. The first-order valence-electron chi connectivity index (χ1n) is 15.0. The minimum Gasteiger partial charge on any atom is -0.478 e. The van der Waals surface area contributed by atoms with E-state index in [1.165, 1.54) is 0 Å². The molecule has 0 spiro atoms. The molecule has 2 aliphatic heterocycles. The Morgan fingerprint density at radius 2 is 1.67 bits per heavy atom. The van der Waals surface area contributed by atoms with Gasteiger partial charge < -0.3 is 29.4 Å². The number of dihydropyridines is 1. The van der Waals surface area contributed by atoms with Crippen molar-refractivity contribution in [2.24, 2.45) is 0 Å². The molecule has 2 heterocycles. The van der Waals surface area contributed by atoms with Crippen LogP contribution in [0.5, 0.6) is 0 Å². The first-order valence-corrected chi connectivity index (χ1v) is 15.4. The molecule has 0 amide bonds. The smallest absolute Gasteiger partial charge is 0.336 e. The van der Waals surface area contributed by atoms with Crippen molar-refractivity contribution in [1.82, 2.24) is 5.32 Å². The molecule has 0 aromatic heterocycles. The lowest BCUT2D eigenvalue weighted by atomic mass is 9.80. The number of carboxylic acid groups (broad SMARTS) is 1. The number of ether oxygens (including phenoxy) is 4. The number of aliphatic carboxylic acids is 1. The maximum Gasteiger partial charge on any atom is 0.336 e. The Hall–Kier alpha value is -3.95. The largest absolute Gasteiger partial charge is 0.478 e. The fourth-order valence-electron chi connectivity index (χ4n) is 5.94. The van der Waals surface area contributed by atoms with Gasteiger partial charge in [-0.3, -0.25) is 0 Å². The van der Waals surface area contributed by atoms with Crippen molar-refractivity contribution >= 4 is 23.5 Å². The zero-order chi connectivity index (χ0) is 32.0. The number of rotatable bonds is 12. The molecule has 5 rings (SSSR count). The van der Waals surface area contributed by atoms with Gasteiger partial charge in [0.15, 0.2) is 5.79 Å². The van der Waals surface area contributed by atoms with Crippen molar-refractivity contribution in [2.45, 2.75) is 50.9 Å². The average molecular weight is 632 g/mol. The standard InChI is InChI=1S/C36H38ClNO7/c1-23-31(34(39)40)32(26-15-10-16-27(37)19-26)33(30(38-23)22-42-20-28-21-44-36(2,3)45-28)35(41)43-18-17-29(24-11-6-4-7-12-24)25-13-8-5-9-14-25/h4-16,19,28-29,32,38H,17-18,20-22H2,1-3H3,(H,39,40). The average Bonchev–Trinajstić information content (AvgIpc) is 3.37. The molecule has 3 aromatic carbocycles. The molecule has 45 heavy (non-hydrogen) atoms. The number of hydrogen-bond donors (Lipinski definition) is 2. The number of benzene rings is 3. The third kappa shape index (κ3) is 8.02. The fourth-order valence-corrected chi connectivity index (χ4v) is 6.13. The molecule has 1 saturated heterocycles. The molecule has 0 saturated carbocycles. The van der Waals surface area contributed by atoms with Crippen molar-refractivity contribution in [1.29, 1.82) is 0 Å². The maximum absolute atomic E-state index is 14.0. The monoisotopic (exact) mass is 631 g/mol. The Morgan fingerprint density at radius 1 is 1.00 bits per heavy atom. The summed E-state index contributed by atoms with van der Waals surface area (Å²) < 4.78 is 23.5. The van der Waals surface area contributed by atoms with Gasteiger partial charge in [0.05, 0.1) is 49.2 Å². The van der Waals surface area contributed by atoms with Crippen LogP contribution < -0.4 is 5.32 Å². The van der Waals surface area contributed by atoms with Crippen LogP contribution in [0.1, 0.15) is 55.7 Å². The van der Waals surface area contributed by atoms with E-state index in [0.717, 1.165) is 11.1 Å². The molecule has 0 bridgehead atoms. The van der Waals surface area contributed by atoms with E-state index >= 15 is 0 Å². The first kappa shape index (κ1) is 32.4. The topological polar surface area (TPSA) is 103 Å². The van der Waals surface area contributed by atoms with Gasteiger partial charge in [-0.05, 0) is 56.0 Å². The summed E-state index contributed by atoms with van der Waals surface area (Å²) >= 11 is 6.34. The lowest BCUT2D eigenvalue weighted by Crippen LogP contribution is -2.35. The van der Waals surface area contributed by atoms with E-state index in [1.807, 2.05) is 50.2 Å². The van der Waals surface area contributed by atoms with Gasteiger partial charge in [-0.15, -0.1) is 0 Å². The van der Waals surface area contributed by atoms with Gasteiger partial charge >= 0.3 is 11.9 Å². The van der Waals surface area contributed by atoms with Crippen LogP contribution in [-0.4, -0.2) is 55.4 Å². The number of hydrogen-bond acceptors (Lipinski definition) is 7. The van der Waals surface area contributed by atoms with Crippen LogP contribution in [0, 0.1) is 0 Å². The number of allylic oxidation sites excluding steroid dienone is 1. The van der Waals surface area contributed by atoms with Crippen LogP contribution in [0.25, 0.3) is 0 Å². The Kier molecular flexibility index (Phi) is 10.4. The zero-order valence-electron chi connectivity index (χ0n) is 25.6. The molecule has 2 unspecified atom stereocenters. The van der Waals surface area contributed by atoms with Crippen LogP contribution >= 0.6 is 11.6 Å². The van der Waals surface area contributed by atoms with E-state index in [4.69, 9.17) is 30.5 Å². The van der Waals surface area contributed by atoms with Gasteiger partial charge in [0.25, 0.3) is 0 Å². The maximum atomic E-state index is 14.0. The van der Waals surface area contributed by atoms with E-state index in [0.29, 0.717) is 35.0 Å². The lowest BCUT2D eigenvalue weighted by molar-refractivity contribution is -0.144. The van der Waals surface area contributed by atoms with Crippen molar-refractivity contribution < 1.29 is 33.6 Å². The van der Waals surface area contributed by atoms with E-state index in [1.54, 1.807) is 31.2 Å². The molecule has 236 valence electrons. The van der Waals surface area contributed by atoms with Gasteiger partial charge in [-0.2, -0.15) is 0 Å². The van der Waals surface area contributed by atoms with E-state index in [9.17, 15) is 14.7 Å². The number of carbonyl (C=O) groups excluding carboxylic acids is 1. The van der Waals surface area contributed by atoms with Gasteiger partial charge in [0.2, 0.25) is 0 Å². The minimum atomic E-state index is -1.15. The third-order valence-electron chi connectivity index (χ3n) is 7.94. The Balaban J connectivity index is 1.42. The molecular formula is C36H38ClNO7. The summed E-state index contributed by atoms with van der Waals surface area (Å²) in [4.78, 5) is 26.6. The fraction of sp³-hybridized carbons (Fsp3) is 0.333. The molecular weight excluding hydrogens is 594 g/mol. The summed E-state index contributed by atoms with van der Waals surface area (Å²) in [6.45, 7) is 6.06. The Morgan fingerprint density at radius 3 is 2.24 bits per heavy atom. The third-order valence-corrected chi connectivity index (χ3v) is 8.17. The molecule has 8 nitrogen and oxygen atoms in total. The van der Waals surface area contributed by atoms with Crippen LogP contribution in [-0.2, 0) is 28.5 Å². The second-order valence-electron chi connectivity index (χ2n) is 11.6.